The minimum atomic E-state index is -0.596. The molecule has 0 bridgehead atoms. The molecular formula is C23H25NO3. The summed E-state index contributed by atoms with van der Waals surface area (Å²) in [6, 6.07) is 21.5. The fourth-order valence-electron chi connectivity index (χ4n) is 2.98. The maximum Gasteiger partial charge on any atom is 0.261 e. The van der Waals surface area contributed by atoms with Crippen LogP contribution in [0.1, 0.15) is 32.4 Å². The zero-order valence-electron chi connectivity index (χ0n) is 15.9. The van der Waals surface area contributed by atoms with Gasteiger partial charge in [0.2, 0.25) is 0 Å². The summed E-state index contributed by atoms with van der Waals surface area (Å²) in [5.41, 5.74) is 1.02. The highest BCUT2D eigenvalue weighted by molar-refractivity contribution is 5.89. The van der Waals surface area contributed by atoms with E-state index in [2.05, 4.69) is 5.32 Å². The first-order chi connectivity index (χ1) is 13.1. The van der Waals surface area contributed by atoms with E-state index in [0.717, 1.165) is 22.1 Å². The number of rotatable bonds is 7. The molecule has 0 spiro atoms. The van der Waals surface area contributed by atoms with E-state index >= 15 is 0 Å². The minimum absolute atomic E-state index is 0.119. The molecule has 4 heteroatoms. The highest BCUT2D eigenvalue weighted by Gasteiger charge is 2.18. The van der Waals surface area contributed by atoms with Gasteiger partial charge in [0.05, 0.1) is 12.6 Å². The Balaban J connectivity index is 1.64. The number of ether oxygens (including phenoxy) is 2. The first-order valence-corrected chi connectivity index (χ1v) is 9.26. The van der Waals surface area contributed by atoms with Gasteiger partial charge in [-0.15, -0.1) is 0 Å². The van der Waals surface area contributed by atoms with Crippen LogP contribution in [0.5, 0.6) is 11.5 Å². The van der Waals surface area contributed by atoms with E-state index in [1.54, 1.807) is 6.92 Å². The molecule has 3 aromatic rings. The van der Waals surface area contributed by atoms with Crippen LogP contribution < -0.4 is 14.8 Å². The zero-order chi connectivity index (χ0) is 19.2. The summed E-state index contributed by atoms with van der Waals surface area (Å²) in [5, 5.41) is 5.10. The van der Waals surface area contributed by atoms with Crippen LogP contribution >= 0.6 is 0 Å². The average Bonchev–Trinajstić information content (AvgIpc) is 2.69. The largest absolute Gasteiger partial charge is 0.494 e. The number of fused-ring (bicyclic) bond motifs is 1. The Morgan fingerprint density at radius 1 is 0.963 bits per heavy atom. The van der Waals surface area contributed by atoms with Crippen LogP contribution in [0.3, 0.4) is 0 Å². The van der Waals surface area contributed by atoms with Crippen LogP contribution in [0.4, 0.5) is 0 Å². The molecule has 0 heterocycles. The van der Waals surface area contributed by atoms with Crippen LogP contribution in [-0.4, -0.2) is 18.6 Å². The number of hydrogen-bond acceptors (Lipinski definition) is 3. The third kappa shape index (κ3) is 4.59. The van der Waals surface area contributed by atoms with Crippen molar-refractivity contribution in [2.45, 2.75) is 32.9 Å². The maximum absolute atomic E-state index is 12.6. The summed E-state index contributed by atoms with van der Waals surface area (Å²) < 4.78 is 11.4. The topological polar surface area (TPSA) is 47.6 Å². The summed E-state index contributed by atoms with van der Waals surface area (Å²) in [7, 11) is 0. The molecule has 0 unspecified atom stereocenters. The molecular weight excluding hydrogens is 338 g/mol. The second kappa shape index (κ2) is 8.58. The van der Waals surface area contributed by atoms with Crippen LogP contribution in [0, 0.1) is 0 Å². The maximum atomic E-state index is 12.6. The summed E-state index contributed by atoms with van der Waals surface area (Å²) in [6.07, 6.45) is -0.596. The van der Waals surface area contributed by atoms with Gasteiger partial charge in [-0.05, 0) is 49.9 Å². The van der Waals surface area contributed by atoms with Crippen molar-refractivity contribution in [3.8, 4) is 11.5 Å². The van der Waals surface area contributed by atoms with Crippen molar-refractivity contribution in [3.63, 3.8) is 0 Å². The van der Waals surface area contributed by atoms with Gasteiger partial charge in [0.1, 0.15) is 11.5 Å². The molecule has 3 aromatic carbocycles. The third-order valence-corrected chi connectivity index (χ3v) is 4.47. The molecule has 0 saturated carbocycles. The molecule has 0 fully saturated rings. The molecule has 0 aromatic heterocycles. The van der Waals surface area contributed by atoms with Crippen LogP contribution in [0.15, 0.2) is 66.7 Å². The number of nitrogens with one attached hydrogen (secondary N) is 1. The Hall–Kier alpha value is -3.01. The number of carbonyl (C=O) groups excluding carboxylic acids is 1. The van der Waals surface area contributed by atoms with Crippen molar-refractivity contribution in [2.24, 2.45) is 0 Å². The number of carbonyl (C=O) groups is 1. The summed E-state index contributed by atoms with van der Waals surface area (Å²) in [5.74, 6) is 1.39. The van der Waals surface area contributed by atoms with E-state index < -0.39 is 6.10 Å². The molecule has 0 aliphatic heterocycles. The predicted molar refractivity (Wildman–Crippen MR) is 108 cm³/mol. The van der Waals surface area contributed by atoms with Gasteiger partial charge in [-0.25, -0.2) is 0 Å². The van der Waals surface area contributed by atoms with Crippen LogP contribution in [0.25, 0.3) is 10.8 Å². The van der Waals surface area contributed by atoms with E-state index in [9.17, 15) is 4.79 Å². The normalized spacial score (nSPS) is 13.0. The van der Waals surface area contributed by atoms with Crippen molar-refractivity contribution >= 4 is 16.7 Å². The highest BCUT2D eigenvalue weighted by Crippen LogP contribution is 2.26. The van der Waals surface area contributed by atoms with Gasteiger partial charge >= 0.3 is 0 Å². The Morgan fingerprint density at radius 3 is 2.41 bits per heavy atom. The molecule has 27 heavy (non-hydrogen) atoms. The molecule has 0 radical (unpaired) electrons. The lowest BCUT2D eigenvalue weighted by molar-refractivity contribution is -0.127. The molecule has 4 nitrogen and oxygen atoms in total. The summed E-state index contributed by atoms with van der Waals surface area (Å²) >= 11 is 0. The Bertz CT molecular complexity index is 900. The first kappa shape index (κ1) is 18.8. The SMILES string of the molecule is CCOc1ccc([C@@H](C)NC(=O)[C@@H](C)Oc2cccc3ccccc23)cc1. The monoisotopic (exact) mass is 363 g/mol. The molecule has 2 atom stereocenters. The Labute approximate surface area is 160 Å². The van der Waals surface area contributed by atoms with Gasteiger partial charge in [0, 0.05) is 5.39 Å². The van der Waals surface area contributed by atoms with Crippen LogP contribution in [0.2, 0.25) is 0 Å². The smallest absolute Gasteiger partial charge is 0.261 e. The zero-order valence-corrected chi connectivity index (χ0v) is 15.9. The van der Waals surface area contributed by atoms with Crippen molar-refractivity contribution in [2.75, 3.05) is 6.61 Å². The fourth-order valence-corrected chi connectivity index (χ4v) is 2.98. The van der Waals surface area contributed by atoms with E-state index in [1.165, 1.54) is 0 Å². The van der Waals surface area contributed by atoms with Gasteiger partial charge in [0.25, 0.3) is 5.91 Å². The summed E-state index contributed by atoms with van der Waals surface area (Å²) in [6.45, 7) is 6.31. The van der Waals surface area contributed by atoms with Crippen molar-refractivity contribution in [3.05, 3.63) is 72.3 Å². The first-order valence-electron chi connectivity index (χ1n) is 9.26. The number of benzene rings is 3. The quantitative estimate of drug-likeness (QED) is 0.650. The lowest BCUT2D eigenvalue weighted by atomic mass is 10.1. The molecule has 1 amide bonds. The van der Waals surface area contributed by atoms with E-state index in [-0.39, 0.29) is 11.9 Å². The highest BCUT2D eigenvalue weighted by atomic mass is 16.5. The van der Waals surface area contributed by atoms with Crippen molar-refractivity contribution in [1.29, 1.82) is 0 Å². The molecule has 0 saturated heterocycles. The number of amides is 1. The molecule has 1 N–H and O–H groups in total. The fraction of sp³-hybridized carbons (Fsp3) is 0.261. The van der Waals surface area contributed by atoms with E-state index in [1.807, 2.05) is 80.6 Å². The number of hydrogen-bond donors (Lipinski definition) is 1. The van der Waals surface area contributed by atoms with Gasteiger partial charge in [0.15, 0.2) is 6.10 Å². The minimum Gasteiger partial charge on any atom is -0.494 e. The lowest BCUT2D eigenvalue weighted by Gasteiger charge is -2.20. The average molecular weight is 363 g/mol. The van der Waals surface area contributed by atoms with Crippen molar-refractivity contribution in [1.82, 2.24) is 5.32 Å². The van der Waals surface area contributed by atoms with Crippen molar-refractivity contribution < 1.29 is 14.3 Å². The van der Waals surface area contributed by atoms with E-state index in [4.69, 9.17) is 9.47 Å². The molecule has 0 aliphatic rings. The van der Waals surface area contributed by atoms with Crippen LogP contribution in [-0.2, 0) is 4.79 Å². The van der Waals surface area contributed by atoms with Gasteiger partial charge in [-0.1, -0.05) is 48.5 Å². The third-order valence-electron chi connectivity index (χ3n) is 4.47. The molecule has 140 valence electrons. The lowest BCUT2D eigenvalue weighted by Crippen LogP contribution is -2.37. The molecule has 0 aliphatic carbocycles. The second-order valence-electron chi connectivity index (χ2n) is 6.47. The molecule has 3 rings (SSSR count). The standard InChI is InChI=1S/C23H25NO3/c1-4-26-20-14-12-18(13-15-20)16(2)24-23(25)17(3)27-22-11-7-9-19-8-5-6-10-21(19)22/h5-17H,4H2,1-3H3,(H,24,25)/t16-,17-/m1/s1. The van der Waals surface area contributed by atoms with Gasteiger partial charge in [-0.3, -0.25) is 4.79 Å². The summed E-state index contributed by atoms with van der Waals surface area (Å²) in [4.78, 5) is 12.6. The second-order valence-corrected chi connectivity index (χ2v) is 6.47. The Kier molecular flexibility index (Phi) is 5.97. The predicted octanol–water partition coefficient (Wildman–Crippen LogP) is 4.88. The Morgan fingerprint density at radius 2 is 1.67 bits per heavy atom. The van der Waals surface area contributed by atoms with E-state index in [0.29, 0.717) is 12.4 Å². The van der Waals surface area contributed by atoms with Gasteiger partial charge < -0.3 is 14.8 Å². The van der Waals surface area contributed by atoms with Gasteiger partial charge in [-0.2, -0.15) is 0 Å².